The van der Waals surface area contributed by atoms with E-state index in [-0.39, 0.29) is 12.1 Å². The lowest BCUT2D eigenvalue weighted by molar-refractivity contribution is -0.152. The van der Waals surface area contributed by atoms with Crippen molar-refractivity contribution in [1.29, 1.82) is 5.41 Å². The highest BCUT2D eigenvalue weighted by Gasteiger charge is 2.35. The van der Waals surface area contributed by atoms with Crippen molar-refractivity contribution in [2.75, 3.05) is 0 Å². The van der Waals surface area contributed by atoms with Gasteiger partial charge < -0.3 is 10.5 Å². The van der Waals surface area contributed by atoms with E-state index >= 15 is 0 Å². The second kappa shape index (κ2) is 3.47. The summed E-state index contributed by atoms with van der Waals surface area (Å²) in [6.07, 6.45) is -0.0840. The largest absolute Gasteiger partial charge is 0.481 e. The summed E-state index contributed by atoms with van der Waals surface area (Å²) in [5, 5.41) is 15.7. The predicted molar refractivity (Wildman–Crippen MR) is 44.4 cm³/mol. The van der Waals surface area contributed by atoms with E-state index in [1.54, 1.807) is 0 Å². The maximum atomic E-state index is 11.2. The number of carboxylic acid groups (broad SMARTS) is 1. The van der Waals surface area contributed by atoms with E-state index in [0.717, 1.165) is 0 Å². The first kappa shape index (κ1) is 10.8. The number of nitrogens with one attached hydrogen (secondary N) is 1. The molecule has 0 spiro atoms. The molecule has 0 heterocycles. The molecule has 0 aromatic rings. The van der Waals surface area contributed by atoms with Crippen LogP contribution >= 0.6 is 0 Å². The molecule has 0 aromatic carbocycles. The van der Waals surface area contributed by atoms with E-state index in [1.165, 1.54) is 20.8 Å². The van der Waals surface area contributed by atoms with Crippen LogP contribution in [0, 0.1) is 10.8 Å². The Bertz CT molecular complexity index is 230. The van der Waals surface area contributed by atoms with Gasteiger partial charge in [0.15, 0.2) is 5.78 Å². The number of rotatable bonds is 4. The lowest BCUT2D eigenvalue weighted by Crippen LogP contribution is -2.34. The van der Waals surface area contributed by atoms with E-state index in [0.29, 0.717) is 0 Å². The molecule has 0 atom stereocenters. The zero-order valence-corrected chi connectivity index (χ0v) is 7.47. The molecule has 0 aliphatic heterocycles. The third-order valence-electron chi connectivity index (χ3n) is 1.66. The van der Waals surface area contributed by atoms with Crippen LogP contribution in [-0.4, -0.2) is 22.6 Å². The molecule has 0 aliphatic carbocycles. The van der Waals surface area contributed by atoms with Crippen molar-refractivity contribution in [2.45, 2.75) is 27.2 Å². The molecular weight excluding hydrogens is 158 g/mol. The fraction of sp³-hybridized carbons (Fsp3) is 0.625. The van der Waals surface area contributed by atoms with E-state index in [9.17, 15) is 9.59 Å². The molecule has 0 saturated carbocycles. The minimum Gasteiger partial charge on any atom is -0.481 e. The summed E-state index contributed by atoms with van der Waals surface area (Å²) < 4.78 is 0. The summed E-state index contributed by atoms with van der Waals surface area (Å²) in [4.78, 5) is 21.7. The Labute approximate surface area is 71.1 Å². The molecule has 0 amide bonds. The molecule has 2 N–H and O–H groups in total. The zero-order chi connectivity index (χ0) is 9.94. The number of carbonyl (C=O) groups is 2. The van der Waals surface area contributed by atoms with E-state index < -0.39 is 17.2 Å². The first-order valence-electron chi connectivity index (χ1n) is 3.59. The van der Waals surface area contributed by atoms with E-state index in [1.807, 2.05) is 0 Å². The van der Waals surface area contributed by atoms with Gasteiger partial charge >= 0.3 is 5.97 Å². The quantitative estimate of drug-likeness (QED) is 0.491. The standard InChI is InChI=1S/C8H13NO3/c1-5(9)4-6(10)8(2,3)7(11)12/h9H,4H2,1-3H3,(H,11,12). The van der Waals surface area contributed by atoms with Gasteiger partial charge in [-0.25, -0.2) is 0 Å². The Morgan fingerprint density at radius 2 is 1.83 bits per heavy atom. The van der Waals surface area contributed by atoms with Crippen LogP contribution in [0.25, 0.3) is 0 Å². The number of hydrogen-bond donors (Lipinski definition) is 2. The van der Waals surface area contributed by atoms with Crippen LogP contribution < -0.4 is 0 Å². The smallest absolute Gasteiger partial charge is 0.316 e. The average molecular weight is 171 g/mol. The van der Waals surface area contributed by atoms with Gasteiger partial charge in [0.2, 0.25) is 0 Å². The first-order valence-corrected chi connectivity index (χ1v) is 3.59. The van der Waals surface area contributed by atoms with Gasteiger partial charge in [-0.05, 0) is 20.8 Å². The van der Waals surface area contributed by atoms with Crippen LogP contribution in [0.2, 0.25) is 0 Å². The number of ketones is 1. The third-order valence-corrected chi connectivity index (χ3v) is 1.66. The van der Waals surface area contributed by atoms with Crippen molar-refractivity contribution in [1.82, 2.24) is 0 Å². The topological polar surface area (TPSA) is 78.2 Å². The molecule has 0 bridgehead atoms. The number of hydrogen-bond acceptors (Lipinski definition) is 3. The Hall–Kier alpha value is -1.19. The van der Waals surface area contributed by atoms with Gasteiger partial charge in [-0.2, -0.15) is 0 Å². The Kier molecular flexibility index (Phi) is 3.13. The molecule has 0 fully saturated rings. The number of aliphatic carboxylic acids is 1. The summed E-state index contributed by atoms with van der Waals surface area (Å²) >= 11 is 0. The van der Waals surface area contributed by atoms with Crippen molar-refractivity contribution < 1.29 is 14.7 Å². The van der Waals surface area contributed by atoms with Gasteiger partial charge in [-0.1, -0.05) is 0 Å². The van der Waals surface area contributed by atoms with Crippen molar-refractivity contribution in [3.05, 3.63) is 0 Å². The molecular formula is C8H13NO3. The Balaban J connectivity index is 4.47. The fourth-order valence-corrected chi connectivity index (χ4v) is 0.581. The molecule has 4 heteroatoms. The Morgan fingerprint density at radius 3 is 2.08 bits per heavy atom. The third kappa shape index (κ3) is 2.45. The first-order chi connectivity index (χ1) is 5.28. The molecule has 0 unspecified atom stereocenters. The van der Waals surface area contributed by atoms with Crippen LogP contribution in [0.3, 0.4) is 0 Å². The highest BCUT2D eigenvalue weighted by Crippen LogP contribution is 2.18. The summed E-state index contributed by atoms with van der Waals surface area (Å²) in [6.45, 7) is 4.18. The van der Waals surface area contributed by atoms with Gasteiger partial charge in [0.25, 0.3) is 0 Å². The second-order valence-corrected chi connectivity index (χ2v) is 3.31. The highest BCUT2D eigenvalue weighted by molar-refractivity contribution is 6.10. The van der Waals surface area contributed by atoms with Crippen LogP contribution in [0.4, 0.5) is 0 Å². The van der Waals surface area contributed by atoms with Crippen LogP contribution in [0.15, 0.2) is 0 Å². The van der Waals surface area contributed by atoms with Crippen LogP contribution in [-0.2, 0) is 9.59 Å². The van der Waals surface area contributed by atoms with Gasteiger partial charge in [0.1, 0.15) is 5.41 Å². The molecule has 68 valence electrons. The maximum absolute atomic E-state index is 11.2. The summed E-state index contributed by atoms with van der Waals surface area (Å²) in [7, 11) is 0. The monoisotopic (exact) mass is 171 g/mol. The van der Waals surface area contributed by atoms with Crippen LogP contribution in [0.1, 0.15) is 27.2 Å². The molecule has 0 rings (SSSR count). The lowest BCUT2D eigenvalue weighted by atomic mass is 9.86. The molecule has 0 radical (unpaired) electrons. The number of carbonyl (C=O) groups excluding carboxylic acids is 1. The van der Waals surface area contributed by atoms with Gasteiger partial charge in [0.05, 0.1) is 0 Å². The van der Waals surface area contributed by atoms with Crippen molar-refractivity contribution in [2.24, 2.45) is 5.41 Å². The normalized spacial score (nSPS) is 10.9. The van der Waals surface area contributed by atoms with Crippen molar-refractivity contribution in [3.8, 4) is 0 Å². The molecule has 0 aromatic heterocycles. The molecule has 4 nitrogen and oxygen atoms in total. The maximum Gasteiger partial charge on any atom is 0.316 e. The van der Waals surface area contributed by atoms with E-state index in [4.69, 9.17) is 10.5 Å². The SMILES string of the molecule is CC(=N)CC(=O)C(C)(C)C(=O)O. The highest BCUT2D eigenvalue weighted by atomic mass is 16.4. The van der Waals surface area contributed by atoms with Gasteiger partial charge in [-0.15, -0.1) is 0 Å². The summed E-state index contributed by atoms with van der Waals surface area (Å²) in [6, 6.07) is 0. The van der Waals surface area contributed by atoms with Crippen LogP contribution in [0.5, 0.6) is 0 Å². The second-order valence-electron chi connectivity index (χ2n) is 3.31. The van der Waals surface area contributed by atoms with Crippen molar-refractivity contribution >= 4 is 17.5 Å². The minimum absolute atomic E-state index is 0.0840. The summed E-state index contributed by atoms with van der Waals surface area (Å²) in [5.41, 5.74) is -1.18. The molecule has 0 aliphatic rings. The number of Topliss-reactive ketones (excluding diaryl/α,β-unsaturated/α-hetero) is 1. The van der Waals surface area contributed by atoms with E-state index in [2.05, 4.69) is 0 Å². The van der Waals surface area contributed by atoms with Gasteiger partial charge in [0, 0.05) is 12.1 Å². The van der Waals surface area contributed by atoms with Gasteiger partial charge in [-0.3, -0.25) is 9.59 Å². The minimum atomic E-state index is -1.37. The zero-order valence-electron chi connectivity index (χ0n) is 7.47. The lowest BCUT2D eigenvalue weighted by Gasteiger charge is -2.16. The van der Waals surface area contributed by atoms with Crippen molar-refractivity contribution in [3.63, 3.8) is 0 Å². The summed E-state index contributed by atoms with van der Waals surface area (Å²) in [5.74, 6) is -1.57. The predicted octanol–water partition coefficient (Wildman–Crippen LogP) is 1.10. The number of carboxylic acids is 1. The molecule has 0 saturated heterocycles. The molecule has 12 heavy (non-hydrogen) atoms. The Morgan fingerprint density at radius 1 is 1.42 bits per heavy atom. The average Bonchev–Trinajstić information content (AvgIpc) is 1.85. The fourth-order valence-electron chi connectivity index (χ4n) is 0.581.